The fraction of sp³-hybridized carbons (Fsp3) is 0.267. The number of allylic oxidation sites excluding steroid dienone is 1. The van der Waals surface area contributed by atoms with Crippen LogP contribution >= 0.6 is 12.4 Å². The summed E-state index contributed by atoms with van der Waals surface area (Å²) in [6.45, 7) is 1.41. The second-order valence-electron chi connectivity index (χ2n) is 4.79. The molecule has 0 saturated carbocycles. The Labute approximate surface area is 128 Å². The highest BCUT2D eigenvalue weighted by Crippen LogP contribution is 2.28. The molecule has 1 aromatic carbocycles. The van der Waals surface area contributed by atoms with E-state index in [0.717, 1.165) is 0 Å². The molecular formula is C15H17ClN2O3. The van der Waals surface area contributed by atoms with Crippen molar-refractivity contribution in [2.24, 2.45) is 11.5 Å². The van der Waals surface area contributed by atoms with E-state index in [9.17, 15) is 14.4 Å². The Bertz CT molecular complexity index is 638. The molecule has 1 aliphatic carbocycles. The molecule has 5 nitrogen and oxygen atoms in total. The van der Waals surface area contributed by atoms with E-state index in [4.69, 9.17) is 11.5 Å². The number of benzene rings is 1. The average Bonchev–Trinajstić information content (AvgIpc) is 2.48. The van der Waals surface area contributed by atoms with Gasteiger partial charge in [0, 0.05) is 22.3 Å². The minimum atomic E-state index is -0.855. The van der Waals surface area contributed by atoms with Crippen LogP contribution in [-0.4, -0.2) is 29.9 Å². The Kier molecular flexibility index (Phi) is 5.54. The van der Waals surface area contributed by atoms with Crippen molar-refractivity contribution >= 4 is 29.8 Å². The second-order valence-corrected chi connectivity index (χ2v) is 4.79. The molecule has 1 atom stereocenters. The third kappa shape index (κ3) is 3.10. The lowest BCUT2D eigenvalue weighted by atomic mass is 9.82. The van der Waals surface area contributed by atoms with Crippen LogP contribution in [0.1, 0.15) is 34.1 Å². The molecular weight excluding hydrogens is 292 g/mol. The van der Waals surface area contributed by atoms with Gasteiger partial charge in [0.2, 0.25) is 0 Å². The van der Waals surface area contributed by atoms with Gasteiger partial charge in [-0.1, -0.05) is 24.3 Å². The molecule has 1 aliphatic rings. The largest absolute Gasteiger partial charge is 0.324 e. The van der Waals surface area contributed by atoms with Crippen LogP contribution in [0.3, 0.4) is 0 Å². The first kappa shape index (κ1) is 17.2. The smallest absolute Gasteiger partial charge is 0.190 e. The Morgan fingerprint density at radius 1 is 1.14 bits per heavy atom. The molecule has 0 spiro atoms. The topological polar surface area (TPSA) is 103 Å². The van der Waals surface area contributed by atoms with Crippen LogP contribution in [0.4, 0.5) is 0 Å². The van der Waals surface area contributed by atoms with E-state index in [0.29, 0.717) is 22.3 Å². The Morgan fingerprint density at radius 2 is 1.67 bits per heavy atom. The summed E-state index contributed by atoms with van der Waals surface area (Å²) < 4.78 is 0. The van der Waals surface area contributed by atoms with Crippen LogP contribution in [0, 0.1) is 0 Å². The van der Waals surface area contributed by atoms with Gasteiger partial charge in [0.25, 0.3) is 0 Å². The van der Waals surface area contributed by atoms with Gasteiger partial charge in [-0.25, -0.2) is 0 Å². The molecule has 0 fully saturated rings. The van der Waals surface area contributed by atoms with Gasteiger partial charge in [0.15, 0.2) is 17.3 Å². The highest BCUT2D eigenvalue weighted by atomic mass is 35.5. The van der Waals surface area contributed by atoms with Crippen molar-refractivity contribution < 1.29 is 14.4 Å². The van der Waals surface area contributed by atoms with Gasteiger partial charge in [-0.05, 0) is 13.3 Å². The van der Waals surface area contributed by atoms with Crippen molar-refractivity contribution in [3.05, 3.63) is 46.5 Å². The molecule has 0 radical (unpaired) electrons. The monoisotopic (exact) mass is 308 g/mol. The molecule has 0 amide bonds. The maximum Gasteiger partial charge on any atom is 0.190 e. The Hall–Kier alpha value is -1.82. The molecule has 0 bridgehead atoms. The van der Waals surface area contributed by atoms with E-state index >= 15 is 0 Å². The summed E-state index contributed by atoms with van der Waals surface area (Å²) in [6.07, 6.45) is 0.0424. The van der Waals surface area contributed by atoms with Gasteiger partial charge in [0.05, 0.1) is 12.6 Å². The van der Waals surface area contributed by atoms with E-state index in [1.165, 1.54) is 0 Å². The lowest BCUT2D eigenvalue weighted by Gasteiger charge is -2.20. The van der Waals surface area contributed by atoms with E-state index in [1.807, 2.05) is 0 Å². The molecule has 0 aliphatic heterocycles. The summed E-state index contributed by atoms with van der Waals surface area (Å²) in [5.74, 6) is -0.759. The van der Waals surface area contributed by atoms with Gasteiger partial charge >= 0.3 is 0 Å². The molecule has 2 rings (SSSR count). The number of carbonyl (C=O) groups excluding carboxylic acids is 3. The number of nitrogens with two attached hydrogens (primary N) is 2. The van der Waals surface area contributed by atoms with E-state index < -0.39 is 6.04 Å². The number of hydrogen-bond acceptors (Lipinski definition) is 5. The predicted molar refractivity (Wildman–Crippen MR) is 81.7 cm³/mol. The van der Waals surface area contributed by atoms with Crippen LogP contribution in [-0.2, 0) is 4.79 Å². The van der Waals surface area contributed by atoms with Crippen molar-refractivity contribution in [2.75, 3.05) is 6.54 Å². The van der Waals surface area contributed by atoms with Gasteiger partial charge in [-0.3, -0.25) is 14.4 Å². The predicted octanol–water partition coefficient (Wildman–Crippen LogP) is 1.05. The summed E-state index contributed by atoms with van der Waals surface area (Å²) in [6, 6.07) is 5.80. The van der Waals surface area contributed by atoms with Crippen molar-refractivity contribution in [3.8, 4) is 0 Å². The average molecular weight is 309 g/mol. The molecule has 0 heterocycles. The van der Waals surface area contributed by atoms with E-state index in [1.54, 1.807) is 31.2 Å². The van der Waals surface area contributed by atoms with Crippen molar-refractivity contribution in [1.29, 1.82) is 0 Å². The SMILES string of the molecule is CC1=C(CC(N)C(=O)CN)C(=O)c2ccccc2C1=O.Cl. The van der Waals surface area contributed by atoms with Crippen LogP contribution in [0.15, 0.2) is 35.4 Å². The van der Waals surface area contributed by atoms with E-state index in [-0.39, 0.29) is 42.7 Å². The van der Waals surface area contributed by atoms with Crippen molar-refractivity contribution in [1.82, 2.24) is 0 Å². The zero-order valence-corrected chi connectivity index (χ0v) is 12.4. The number of ketones is 3. The fourth-order valence-electron chi connectivity index (χ4n) is 2.28. The summed E-state index contributed by atoms with van der Waals surface area (Å²) in [5.41, 5.74) is 12.4. The van der Waals surface area contributed by atoms with Crippen LogP contribution in [0.2, 0.25) is 0 Å². The first-order valence-corrected chi connectivity index (χ1v) is 6.34. The molecule has 6 heteroatoms. The van der Waals surface area contributed by atoms with Crippen LogP contribution < -0.4 is 11.5 Å². The first-order valence-electron chi connectivity index (χ1n) is 6.34. The van der Waals surface area contributed by atoms with E-state index in [2.05, 4.69) is 0 Å². The molecule has 1 unspecified atom stereocenters. The van der Waals surface area contributed by atoms with Crippen LogP contribution in [0.5, 0.6) is 0 Å². The molecule has 1 aromatic rings. The molecule has 21 heavy (non-hydrogen) atoms. The summed E-state index contributed by atoms with van der Waals surface area (Å²) >= 11 is 0. The minimum absolute atomic E-state index is 0. The quantitative estimate of drug-likeness (QED) is 0.865. The first-order chi connectivity index (χ1) is 9.47. The number of Topliss-reactive ketones (excluding diaryl/α,β-unsaturated/α-hetero) is 3. The van der Waals surface area contributed by atoms with Gasteiger partial charge in [-0.2, -0.15) is 0 Å². The number of halogens is 1. The van der Waals surface area contributed by atoms with Gasteiger partial charge in [0.1, 0.15) is 0 Å². The highest BCUT2D eigenvalue weighted by molar-refractivity contribution is 6.26. The summed E-state index contributed by atoms with van der Waals surface area (Å²) in [5, 5.41) is 0. The number of carbonyl (C=O) groups is 3. The zero-order chi connectivity index (χ0) is 14.9. The normalized spacial score (nSPS) is 15.4. The number of rotatable bonds is 4. The highest BCUT2D eigenvalue weighted by Gasteiger charge is 2.31. The Morgan fingerprint density at radius 3 is 2.19 bits per heavy atom. The third-order valence-electron chi connectivity index (χ3n) is 3.52. The fourth-order valence-corrected chi connectivity index (χ4v) is 2.28. The number of hydrogen-bond donors (Lipinski definition) is 2. The molecule has 0 saturated heterocycles. The minimum Gasteiger partial charge on any atom is -0.324 e. The van der Waals surface area contributed by atoms with Gasteiger partial charge < -0.3 is 11.5 Å². The Balaban J connectivity index is 0.00000220. The van der Waals surface area contributed by atoms with Gasteiger partial charge in [-0.15, -0.1) is 12.4 Å². The second kappa shape index (κ2) is 6.76. The maximum atomic E-state index is 12.4. The molecule has 112 valence electrons. The summed E-state index contributed by atoms with van der Waals surface area (Å²) in [4.78, 5) is 36.1. The summed E-state index contributed by atoms with van der Waals surface area (Å²) in [7, 11) is 0. The number of fused-ring (bicyclic) bond motifs is 1. The van der Waals surface area contributed by atoms with Crippen LogP contribution in [0.25, 0.3) is 0 Å². The third-order valence-corrected chi connectivity index (χ3v) is 3.52. The zero-order valence-electron chi connectivity index (χ0n) is 11.6. The molecule has 0 aromatic heterocycles. The lowest BCUT2D eigenvalue weighted by Crippen LogP contribution is -2.37. The maximum absolute atomic E-state index is 12.4. The standard InChI is InChI=1S/C15H16N2O3.ClH/c1-8-11(6-12(17)13(18)7-16)15(20)10-5-3-2-4-9(10)14(8)19;/h2-5,12H,6-7,16-17H2,1H3;1H. The van der Waals surface area contributed by atoms with Crippen molar-refractivity contribution in [3.63, 3.8) is 0 Å². The molecule has 4 N–H and O–H groups in total. The van der Waals surface area contributed by atoms with Crippen molar-refractivity contribution in [2.45, 2.75) is 19.4 Å². The lowest BCUT2D eigenvalue weighted by molar-refractivity contribution is -0.118.